The highest BCUT2D eigenvalue weighted by molar-refractivity contribution is 7.88. The lowest BCUT2D eigenvalue weighted by atomic mass is 9.84. The predicted octanol–water partition coefficient (Wildman–Crippen LogP) is 1.68. The topological polar surface area (TPSA) is 100 Å². The Labute approximate surface area is 184 Å². The first-order valence-electron chi connectivity index (χ1n) is 10.2. The van der Waals surface area contributed by atoms with Gasteiger partial charge in [-0.3, -0.25) is 4.99 Å². The number of rotatable bonds is 7. The first-order valence-corrected chi connectivity index (χ1v) is 11.8. The fraction of sp³-hybridized carbons (Fsp3) is 0.524. The molecular formula is C21H31N5O4S. The van der Waals surface area contributed by atoms with Crippen LogP contribution in [0.25, 0.3) is 0 Å². The van der Waals surface area contributed by atoms with Crippen molar-refractivity contribution in [2.45, 2.75) is 25.0 Å². The molecule has 9 nitrogen and oxygen atoms in total. The van der Waals surface area contributed by atoms with Crippen LogP contribution < -0.4 is 10.1 Å². The average Bonchev–Trinajstić information content (AvgIpc) is 3.27. The van der Waals surface area contributed by atoms with Crippen molar-refractivity contribution >= 4 is 16.0 Å². The van der Waals surface area contributed by atoms with Crippen molar-refractivity contribution in [3.63, 3.8) is 0 Å². The number of hydrogen-bond donors (Lipinski definition) is 1. The molecule has 1 fully saturated rings. The molecule has 1 aromatic heterocycles. The number of aromatic nitrogens is 1. The Morgan fingerprint density at radius 3 is 2.42 bits per heavy atom. The van der Waals surface area contributed by atoms with E-state index in [0.717, 1.165) is 11.7 Å². The molecule has 0 bridgehead atoms. The van der Waals surface area contributed by atoms with Crippen molar-refractivity contribution in [2.24, 2.45) is 4.99 Å². The molecule has 1 aromatic carbocycles. The van der Waals surface area contributed by atoms with E-state index in [1.807, 2.05) is 12.1 Å². The molecule has 1 aliphatic rings. The van der Waals surface area contributed by atoms with Gasteiger partial charge in [-0.25, -0.2) is 8.42 Å². The van der Waals surface area contributed by atoms with E-state index in [0.29, 0.717) is 38.4 Å². The van der Waals surface area contributed by atoms with Crippen LogP contribution in [0.5, 0.6) is 5.75 Å². The summed E-state index contributed by atoms with van der Waals surface area (Å²) in [5.41, 5.74) is 1.49. The van der Waals surface area contributed by atoms with Crippen LogP contribution in [0.4, 0.5) is 0 Å². The van der Waals surface area contributed by atoms with Gasteiger partial charge in [-0.15, -0.1) is 0 Å². The highest BCUT2D eigenvalue weighted by Crippen LogP contribution is 2.24. The molecule has 170 valence electrons. The summed E-state index contributed by atoms with van der Waals surface area (Å²) in [6, 6.07) is 9.64. The summed E-state index contributed by atoms with van der Waals surface area (Å²) in [5, 5.41) is 7.16. The van der Waals surface area contributed by atoms with E-state index in [-0.39, 0.29) is 11.2 Å². The fourth-order valence-electron chi connectivity index (χ4n) is 3.54. The van der Waals surface area contributed by atoms with Crippen molar-refractivity contribution in [1.82, 2.24) is 19.7 Å². The lowest BCUT2D eigenvalue weighted by molar-refractivity contribution is 0.258. The molecule has 1 N–H and O–H groups in total. The van der Waals surface area contributed by atoms with E-state index in [4.69, 9.17) is 9.26 Å². The number of nitrogens with zero attached hydrogens (tertiary/aromatic N) is 4. The van der Waals surface area contributed by atoms with Gasteiger partial charge in [0.15, 0.2) is 5.96 Å². The summed E-state index contributed by atoms with van der Waals surface area (Å²) in [6.07, 6.45) is 1.38. The van der Waals surface area contributed by atoms with Gasteiger partial charge in [-0.1, -0.05) is 31.1 Å². The van der Waals surface area contributed by atoms with Gasteiger partial charge in [0.05, 0.1) is 12.8 Å². The molecule has 0 radical (unpaired) electrons. The molecule has 3 rings (SSSR count). The summed E-state index contributed by atoms with van der Waals surface area (Å²) in [7, 11) is -0.0216. The predicted molar refractivity (Wildman–Crippen MR) is 120 cm³/mol. The summed E-state index contributed by atoms with van der Waals surface area (Å²) in [6.45, 7) is 6.98. The molecule has 0 spiro atoms. The Bertz CT molecular complexity index is 964. The molecule has 31 heavy (non-hydrogen) atoms. The number of guanidine groups is 1. The maximum absolute atomic E-state index is 12.6. The van der Waals surface area contributed by atoms with Crippen LogP contribution in [0.3, 0.4) is 0 Å². The molecular weight excluding hydrogens is 418 g/mol. The van der Waals surface area contributed by atoms with E-state index >= 15 is 0 Å². The van der Waals surface area contributed by atoms with Crippen LogP contribution in [-0.4, -0.2) is 75.6 Å². The Balaban J connectivity index is 1.55. The number of sulfonamides is 1. The summed E-state index contributed by atoms with van der Waals surface area (Å²) in [4.78, 5) is 6.49. The Kier molecular flexibility index (Phi) is 7.22. The van der Waals surface area contributed by atoms with Crippen molar-refractivity contribution < 1.29 is 17.7 Å². The normalized spacial score (nSPS) is 16.4. The van der Waals surface area contributed by atoms with Crippen molar-refractivity contribution in [1.29, 1.82) is 0 Å². The van der Waals surface area contributed by atoms with E-state index in [1.54, 1.807) is 20.2 Å². The number of piperazine rings is 1. The first kappa shape index (κ1) is 23.1. The third kappa shape index (κ3) is 5.76. The monoisotopic (exact) mass is 449 g/mol. The van der Waals surface area contributed by atoms with Gasteiger partial charge in [-0.05, 0) is 17.7 Å². The maximum atomic E-state index is 12.6. The average molecular weight is 450 g/mol. The minimum atomic E-state index is -3.43. The molecule has 2 heterocycles. The second-order valence-corrected chi connectivity index (χ2v) is 10.1. The van der Waals surface area contributed by atoms with E-state index in [2.05, 4.69) is 46.3 Å². The molecule has 0 amide bonds. The van der Waals surface area contributed by atoms with Crippen LogP contribution >= 0.6 is 0 Å². The Morgan fingerprint density at radius 1 is 1.19 bits per heavy atom. The SMILES string of the molecule is CN=C(NCC(C)(C)c1ccc(OC)cc1)N1CCN(S(=O)(=O)Cc2ccon2)CC1. The van der Waals surface area contributed by atoms with E-state index in [9.17, 15) is 8.42 Å². The molecule has 0 aliphatic carbocycles. The molecule has 10 heteroatoms. The number of nitrogens with one attached hydrogen (secondary N) is 1. The first-order chi connectivity index (χ1) is 14.7. The largest absolute Gasteiger partial charge is 0.497 e. The summed E-state index contributed by atoms with van der Waals surface area (Å²) in [5.74, 6) is 1.46. The van der Waals surface area contributed by atoms with E-state index < -0.39 is 10.0 Å². The Morgan fingerprint density at radius 2 is 1.87 bits per heavy atom. The molecule has 0 saturated carbocycles. The maximum Gasteiger partial charge on any atom is 0.220 e. The van der Waals surface area contributed by atoms with Crippen LogP contribution in [-0.2, 0) is 21.2 Å². The van der Waals surface area contributed by atoms with Crippen LogP contribution in [0.1, 0.15) is 25.1 Å². The molecule has 1 aliphatic heterocycles. The lowest BCUT2D eigenvalue weighted by Crippen LogP contribution is -2.55. The smallest absolute Gasteiger partial charge is 0.220 e. The van der Waals surface area contributed by atoms with Gasteiger partial charge in [0.2, 0.25) is 10.0 Å². The number of aliphatic imine (C=N–C) groups is 1. The lowest BCUT2D eigenvalue weighted by Gasteiger charge is -2.37. The standard InChI is InChI=1S/C21H31N5O4S/c1-21(2,17-5-7-19(29-4)8-6-17)16-23-20(22-3)25-10-12-26(13-11-25)31(27,28)15-18-9-14-30-24-18/h5-9,14H,10-13,15-16H2,1-4H3,(H,22,23). The van der Waals surface area contributed by atoms with Gasteiger partial charge in [0.1, 0.15) is 17.8 Å². The summed E-state index contributed by atoms with van der Waals surface area (Å²) >= 11 is 0. The molecule has 2 aromatic rings. The highest BCUT2D eigenvalue weighted by Gasteiger charge is 2.29. The zero-order chi connectivity index (χ0) is 22.5. The van der Waals surface area contributed by atoms with Crippen LogP contribution in [0, 0.1) is 0 Å². The quantitative estimate of drug-likeness (QED) is 0.507. The Hall–Kier alpha value is -2.59. The third-order valence-electron chi connectivity index (χ3n) is 5.52. The number of ether oxygens (including phenoxy) is 1. The number of hydrogen-bond acceptors (Lipinski definition) is 6. The zero-order valence-corrected chi connectivity index (χ0v) is 19.4. The number of benzene rings is 1. The summed E-state index contributed by atoms with van der Waals surface area (Å²) < 4.78 is 36.7. The second-order valence-electron chi connectivity index (χ2n) is 8.15. The van der Waals surface area contributed by atoms with Gasteiger partial charge in [0.25, 0.3) is 0 Å². The third-order valence-corrected chi connectivity index (χ3v) is 7.34. The molecule has 0 atom stereocenters. The minimum Gasteiger partial charge on any atom is -0.497 e. The zero-order valence-electron chi connectivity index (χ0n) is 18.5. The molecule has 0 unspecified atom stereocenters. The van der Waals surface area contributed by atoms with Crippen molar-refractivity contribution in [3.8, 4) is 5.75 Å². The molecule has 1 saturated heterocycles. The number of methoxy groups -OCH3 is 1. The second kappa shape index (κ2) is 9.69. The van der Waals surface area contributed by atoms with Crippen LogP contribution in [0.15, 0.2) is 46.1 Å². The van der Waals surface area contributed by atoms with Crippen LogP contribution in [0.2, 0.25) is 0 Å². The van der Waals surface area contributed by atoms with Crippen molar-refractivity contribution in [2.75, 3.05) is 46.9 Å². The van der Waals surface area contributed by atoms with Gasteiger partial charge in [0, 0.05) is 51.3 Å². The van der Waals surface area contributed by atoms with E-state index in [1.165, 1.54) is 16.1 Å². The van der Waals surface area contributed by atoms with Gasteiger partial charge >= 0.3 is 0 Å². The van der Waals surface area contributed by atoms with Gasteiger partial charge in [-0.2, -0.15) is 4.31 Å². The van der Waals surface area contributed by atoms with Crippen molar-refractivity contribution in [3.05, 3.63) is 47.9 Å². The fourth-order valence-corrected chi connectivity index (χ4v) is 4.97. The highest BCUT2D eigenvalue weighted by atomic mass is 32.2. The minimum absolute atomic E-state index is 0.120. The van der Waals surface area contributed by atoms with Gasteiger partial charge < -0.3 is 19.5 Å².